The number of nitrogens with zero attached hydrogens (tertiary/aromatic N) is 3. The second-order valence-corrected chi connectivity index (χ2v) is 8.41. The second-order valence-electron chi connectivity index (χ2n) is 7.00. The summed E-state index contributed by atoms with van der Waals surface area (Å²) < 4.78 is 1.57. The standard InChI is InChI=1S/C23H16ClN5O2S/c24-15-8-10-16(11-9-15)29-21-18(12-25-29)22(31)28-23(27-21)32-13-20(30)26-19-7-3-5-14-4-1-2-6-17(14)19/h1-12H,13H2,(H,26,30)(H,27,28,31). The van der Waals surface area contributed by atoms with Gasteiger partial charge in [-0.1, -0.05) is 59.8 Å². The van der Waals surface area contributed by atoms with E-state index in [1.54, 1.807) is 28.9 Å². The number of rotatable bonds is 5. The number of amides is 1. The second kappa shape index (κ2) is 8.49. The van der Waals surface area contributed by atoms with Gasteiger partial charge in [0.25, 0.3) is 5.56 Å². The maximum Gasteiger partial charge on any atom is 0.262 e. The molecule has 0 aliphatic rings. The first kappa shape index (κ1) is 20.3. The van der Waals surface area contributed by atoms with Crippen molar-refractivity contribution < 1.29 is 4.79 Å². The maximum absolute atomic E-state index is 12.6. The summed E-state index contributed by atoms with van der Waals surface area (Å²) in [4.78, 5) is 32.3. The molecule has 7 nitrogen and oxygen atoms in total. The van der Waals surface area contributed by atoms with Crippen LogP contribution >= 0.6 is 23.4 Å². The zero-order valence-corrected chi connectivity index (χ0v) is 18.2. The summed E-state index contributed by atoms with van der Waals surface area (Å²) in [6, 6.07) is 20.7. The molecule has 5 rings (SSSR count). The molecule has 32 heavy (non-hydrogen) atoms. The van der Waals surface area contributed by atoms with Crippen molar-refractivity contribution in [3.8, 4) is 5.69 Å². The number of thioether (sulfide) groups is 1. The average molecular weight is 462 g/mol. The minimum Gasteiger partial charge on any atom is -0.325 e. The first-order valence-corrected chi connectivity index (χ1v) is 11.1. The van der Waals surface area contributed by atoms with Crippen molar-refractivity contribution in [2.45, 2.75) is 5.16 Å². The number of carbonyl (C=O) groups excluding carboxylic acids is 1. The van der Waals surface area contributed by atoms with Gasteiger partial charge < -0.3 is 10.3 Å². The van der Waals surface area contributed by atoms with E-state index in [4.69, 9.17) is 11.6 Å². The minimum atomic E-state index is -0.313. The lowest BCUT2D eigenvalue weighted by Crippen LogP contribution is -2.16. The lowest BCUT2D eigenvalue weighted by atomic mass is 10.1. The lowest BCUT2D eigenvalue weighted by molar-refractivity contribution is -0.113. The van der Waals surface area contributed by atoms with Gasteiger partial charge in [0, 0.05) is 16.1 Å². The third kappa shape index (κ3) is 3.98. The fourth-order valence-corrected chi connectivity index (χ4v) is 4.17. The third-order valence-corrected chi connectivity index (χ3v) is 6.02. The SMILES string of the molecule is O=C(CSc1nc2c(cnn2-c2ccc(Cl)cc2)c(=O)[nH]1)Nc1cccc2ccccc12. The lowest BCUT2D eigenvalue weighted by Gasteiger charge is -2.08. The summed E-state index contributed by atoms with van der Waals surface area (Å²) in [6.45, 7) is 0. The topological polar surface area (TPSA) is 92.7 Å². The Bertz CT molecular complexity index is 1510. The predicted molar refractivity (Wildman–Crippen MR) is 128 cm³/mol. The molecule has 0 spiro atoms. The van der Waals surface area contributed by atoms with Crippen molar-refractivity contribution in [1.29, 1.82) is 0 Å². The molecule has 1 amide bonds. The van der Waals surface area contributed by atoms with E-state index in [1.165, 1.54) is 6.20 Å². The molecule has 158 valence electrons. The summed E-state index contributed by atoms with van der Waals surface area (Å²) >= 11 is 7.11. The number of carbonyl (C=O) groups is 1. The van der Waals surface area contributed by atoms with Crippen LogP contribution in [0, 0.1) is 0 Å². The Morgan fingerprint density at radius 1 is 1.03 bits per heavy atom. The van der Waals surface area contributed by atoms with Crippen LogP contribution in [-0.4, -0.2) is 31.4 Å². The van der Waals surface area contributed by atoms with Crippen LogP contribution < -0.4 is 10.9 Å². The number of benzene rings is 3. The molecule has 2 heterocycles. The van der Waals surface area contributed by atoms with Crippen molar-refractivity contribution in [3.05, 3.63) is 88.3 Å². The predicted octanol–water partition coefficient (Wildman–Crippen LogP) is 4.65. The number of hydrogen-bond donors (Lipinski definition) is 2. The Hall–Kier alpha value is -3.62. The van der Waals surface area contributed by atoms with Crippen molar-refractivity contribution >= 4 is 56.8 Å². The molecule has 5 aromatic rings. The van der Waals surface area contributed by atoms with E-state index in [0.29, 0.717) is 21.2 Å². The average Bonchev–Trinajstić information content (AvgIpc) is 3.23. The molecular weight excluding hydrogens is 446 g/mol. The molecule has 0 unspecified atom stereocenters. The van der Waals surface area contributed by atoms with Gasteiger partial charge in [-0.15, -0.1) is 0 Å². The number of aromatic amines is 1. The first-order valence-electron chi connectivity index (χ1n) is 9.73. The Kier molecular flexibility index (Phi) is 5.38. The highest BCUT2D eigenvalue weighted by Crippen LogP contribution is 2.24. The Labute approximate surface area is 191 Å². The number of nitrogens with one attached hydrogen (secondary N) is 2. The summed E-state index contributed by atoms with van der Waals surface area (Å²) in [6.07, 6.45) is 1.47. The van der Waals surface area contributed by atoms with Crippen LogP contribution in [0.15, 0.2) is 82.9 Å². The fraction of sp³-hybridized carbons (Fsp3) is 0.0435. The molecular formula is C23H16ClN5O2S. The summed E-state index contributed by atoms with van der Waals surface area (Å²) in [5, 5.41) is 10.5. The Morgan fingerprint density at radius 2 is 1.81 bits per heavy atom. The molecule has 0 aliphatic heterocycles. The number of hydrogen-bond acceptors (Lipinski definition) is 5. The molecule has 0 saturated heterocycles. The molecule has 2 N–H and O–H groups in total. The van der Waals surface area contributed by atoms with Gasteiger partial charge in [-0.25, -0.2) is 9.67 Å². The van der Waals surface area contributed by atoms with Gasteiger partial charge >= 0.3 is 0 Å². The number of fused-ring (bicyclic) bond motifs is 2. The number of anilines is 1. The van der Waals surface area contributed by atoms with E-state index < -0.39 is 0 Å². The molecule has 0 radical (unpaired) electrons. The van der Waals surface area contributed by atoms with Gasteiger partial charge in [-0.3, -0.25) is 9.59 Å². The Balaban J connectivity index is 1.37. The fourth-order valence-electron chi connectivity index (χ4n) is 3.39. The van der Waals surface area contributed by atoms with E-state index in [2.05, 4.69) is 20.4 Å². The highest BCUT2D eigenvalue weighted by atomic mass is 35.5. The highest BCUT2D eigenvalue weighted by Gasteiger charge is 2.13. The normalized spacial score (nSPS) is 11.2. The smallest absolute Gasteiger partial charge is 0.262 e. The summed E-state index contributed by atoms with van der Waals surface area (Å²) in [7, 11) is 0. The zero-order valence-electron chi connectivity index (χ0n) is 16.6. The maximum atomic E-state index is 12.6. The van der Waals surface area contributed by atoms with E-state index in [-0.39, 0.29) is 17.2 Å². The van der Waals surface area contributed by atoms with Crippen LogP contribution in [0.5, 0.6) is 0 Å². The zero-order chi connectivity index (χ0) is 22.1. The van der Waals surface area contributed by atoms with Gasteiger partial charge in [0.05, 0.1) is 17.6 Å². The van der Waals surface area contributed by atoms with E-state index in [9.17, 15) is 9.59 Å². The monoisotopic (exact) mass is 461 g/mol. The van der Waals surface area contributed by atoms with E-state index in [1.807, 2.05) is 42.5 Å². The highest BCUT2D eigenvalue weighted by molar-refractivity contribution is 7.99. The largest absolute Gasteiger partial charge is 0.325 e. The van der Waals surface area contributed by atoms with Gasteiger partial charge in [-0.2, -0.15) is 5.10 Å². The van der Waals surface area contributed by atoms with Crippen LogP contribution in [0.4, 0.5) is 5.69 Å². The molecule has 0 bridgehead atoms. The van der Waals surface area contributed by atoms with Gasteiger partial charge in [0.2, 0.25) is 5.91 Å². The van der Waals surface area contributed by atoms with Gasteiger partial charge in [0.15, 0.2) is 10.8 Å². The molecule has 9 heteroatoms. The van der Waals surface area contributed by atoms with E-state index in [0.717, 1.165) is 33.9 Å². The number of halogens is 1. The van der Waals surface area contributed by atoms with Crippen molar-refractivity contribution in [3.63, 3.8) is 0 Å². The van der Waals surface area contributed by atoms with Crippen LogP contribution in [0.1, 0.15) is 0 Å². The third-order valence-electron chi connectivity index (χ3n) is 4.89. The van der Waals surface area contributed by atoms with Crippen LogP contribution in [0.3, 0.4) is 0 Å². The van der Waals surface area contributed by atoms with E-state index >= 15 is 0 Å². The molecule has 2 aromatic heterocycles. The van der Waals surface area contributed by atoms with Crippen molar-refractivity contribution in [2.24, 2.45) is 0 Å². The van der Waals surface area contributed by atoms with Crippen molar-refractivity contribution in [1.82, 2.24) is 19.7 Å². The van der Waals surface area contributed by atoms with Crippen molar-refractivity contribution in [2.75, 3.05) is 11.1 Å². The number of H-pyrrole nitrogens is 1. The molecule has 0 aliphatic carbocycles. The molecule has 0 atom stereocenters. The summed E-state index contributed by atoms with van der Waals surface area (Å²) in [5.41, 5.74) is 1.57. The minimum absolute atomic E-state index is 0.0900. The summed E-state index contributed by atoms with van der Waals surface area (Å²) in [5.74, 6) is -0.104. The molecule has 0 saturated carbocycles. The number of aromatic nitrogens is 4. The van der Waals surface area contributed by atoms with Crippen LogP contribution in [0.25, 0.3) is 27.5 Å². The Morgan fingerprint density at radius 3 is 2.66 bits per heavy atom. The molecule has 0 fully saturated rings. The van der Waals surface area contributed by atoms with Crippen LogP contribution in [-0.2, 0) is 4.79 Å². The van der Waals surface area contributed by atoms with Gasteiger partial charge in [-0.05, 0) is 35.7 Å². The molecule has 3 aromatic carbocycles. The first-order chi connectivity index (χ1) is 15.6. The van der Waals surface area contributed by atoms with Crippen LogP contribution in [0.2, 0.25) is 5.02 Å². The van der Waals surface area contributed by atoms with Gasteiger partial charge in [0.1, 0.15) is 5.39 Å². The quantitative estimate of drug-likeness (QED) is 0.293.